The molecular formula is C21H21N3O2S. The van der Waals surface area contributed by atoms with Crippen LogP contribution in [-0.4, -0.2) is 16.8 Å². The number of amides is 2. The minimum atomic E-state index is -0.176. The third kappa shape index (κ3) is 5.01. The van der Waals surface area contributed by atoms with E-state index in [1.165, 1.54) is 11.3 Å². The number of benzene rings is 2. The van der Waals surface area contributed by atoms with Gasteiger partial charge in [-0.3, -0.25) is 14.9 Å². The Labute approximate surface area is 162 Å². The van der Waals surface area contributed by atoms with E-state index in [2.05, 4.69) is 15.6 Å². The number of hydrogen-bond acceptors (Lipinski definition) is 4. The average Bonchev–Trinajstić information content (AvgIpc) is 3.11. The fourth-order valence-corrected chi connectivity index (χ4v) is 3.23. The lowest BCUT2D eigenvalue weighted by molar-refractivity contribution is -0.116. The van der Waals surface area contributed by atoms with E-state index in [4.69, 9.17) is 0 Å². The van der Waals surface area contributed by atoms with Crippen molar-refractivity contribution in [2.24, 2.45) is 0 Å². The molecule has 0 radical (unpaired) electrons. The molecule has 0 bridgehead atoms. The smallest absolute Gasteiger partial charge is 0.257 e. The predicted molar refractivity (Wildman–Crippen MR) is 110 cm³/mol. The van der Waals surface area contributed by atoms with Gasteiger partial charge in [-0.2, -0.15) is 0 Å². The molecule has 0 fully saturated rings. The minimum Gasteiger partial charge on any atom is -0.326 e. The van der Waals surface area contributed by atoms with Crippen LogP contribution in [0.25, 0.3) is 11.3 Å². The first-order valence-corrected chi connectivity index (χ1v) is 9.67. The maximum absolute atomic E-state index is 12.3. The third-order valence-electron chi connectivity index (χ3n) is 3.98. The molecular weight excluding hydrogens is 358 g/mol. The summed E-state index contributed by atoms with van der Waals surface area (Å²) in [6.07, 6.45) is 1.33. The number of nitrogens with zero attached hydrogens (tertiary/aromatic N) is 1. The molecule has 0 aliphatic rings. The summed E-state index contributed by atoms with van der Waals surface area (Å²) in [5, 5.41) is 8.14. The van der Waals surface area contributed by atoms with Gasteiger partial charge in [-0.25, -0.2) is 4.98 Å². The lowest BCUT2D eigenvalue weighted by atomic mass is 10.1. The number of aromatic nitrogens is 1. The Morgan fingerprint density at radius 2 is 1.70 bits per heavy atom. The molecule has 138 valence electrons. The summed E-state index contributed by atoms with van der Waals surface area (Å²) in [5.74, 6) is -0.162. The molecule has 5 nitrogen and oxygen atoms in total. The molecule has 3 rings (SSSR count). The van der Waals surface area contributed by atoms with Crippen molar-refractivity contribution in [3.63, 3.8) is 0 Å². The highest BCUT2D eigenvalue weighted by Crippen LogP contribution is 2.26. The molecule has 2 amide bonds. The normalized spacial score (nSPS) is 10.4. The largest absolute Gasteiger partial charge is 0.326 e. The van der Waals surface area contributed by atoms with Gasteiger partial charge in [0.25, 0.3) is 5.91 Å². The lowest BCUT2D eigenvalue weighted by Crippen LogP contribution is -2.11. The van der Waals surface area contributed by atoms with Crippen molar-refractivity contribution in [3.8, 4) is 11.3 Å². The molecule has 6 heteroatoms. The Bertz CT molecular complexity index is 931. The van der Waals surface area contributed by atoms with Gasteiger partial charge in [-0.15, -0.1) is 11.3 Å². The Morgan fingerprint density at radius 3 is 2.37 bits per heavy atom. The van der Waals surface area contributed by atoms with Crippen molar-refractivity contribution in [2.45, 2.75) is 26.7 Å². The molecule has 2 aromatic carbocycles. The van der Waals surface area contributed by atoms with Crippen LogP contribution in [0.2, 0.25) is 0 Å². The van der Waals surface area contributed by atoms with Crippen LogP contribution in [0.15, 0.2) is 53.9 Å². The molecule has 0 atom stereocenters. The van der Waals surface area contributed by atoms with Crippen LogP contribution >= 0.6 is 11.3 Å². The van der Waals surface area contributed by atoms with Gasteiger partial charge in [-0.1, -0.05) is 36.8 Å². The topological polar surface area (TPSA) is 71.1 Å². The van der Waals surface area contributed by atoms with E-state index >= 15 is 0 Å². The van der Waals surface area contributed by atoms with Crippen molar-refractivity contribution in [1.82, 2.24) is 4.98 Å². The quantitative estimate of drug-likeness (QED) is 0.625. The second-order valence-electron chi connectivity index (χ2n) is 6.23. The van der Waals surface area contributed by atoms with Crippen LogP contribution in [0, 0.1) is 6.92 Å². The lowest BCUT2D eigenvalue weighted by Gasteiger charge is -2.05. The monoisotopic (exact) mass is 379 g/mol. The Morgan fingerprint density at radius 1 is 1.00 bits per heavy atom. The van der Waals surface area contributed by atoms with Gasteiger partial charge >= 0.3 is 0 Å². The summed E-state index contributed by atoms with van der Waals surface area (Å²) in [6, 6.07) is 14.9. The fourth-order valence-electron chi connectivity index (χ4n) is 2.51. The van der Waals surface area contributed by atoms with E-state index < -0.39 is 0 Å². The highest BCUT2D eigenvalue weighted by atomic mass is 32.1. The van der Waals surface area contributed by atoms with Gasteiger partial charge in [0.15, 0.2) is 5.13 Å². The van der Waals surface area contributed by atoms with Gasteiger partial charge in [0, 0.05) is 28.6 Å². The van der Waals surface area contributed by atoms with E-state index in [-0.39, 0.29) is 11.8 Å². The maximum Gasteiger partial charge on any atom is 0.257 e. The van der Waals surface area contributed by atoms with Gasteiger partial charge < -0.3 is 5.32 Å². The average molecular weight is 379 g/mol. The fraction of sp³-hybridized carbons (Fsp3) is 0.190. The maximum atomic E-state index is 12.3. The second kappa shape index (κ2) is 8.60. The van der Waals surface area contributed by atoms with Crippen molar-refractivity contribution < 1.29 is 9.59 Å². The summed E-state index contributed by atoms with van der Waals surface area (Å²) in [5.41, 5.74) is 4.18. The van der Waals surface area contributed by atoms with Crippen LogP contribution in [0.3, 0.4) is 0 Å². The molecule has 0 saturated carbocycles. The van der Waals surface area contributed by atoms with Gasteiger partial charge in [0.05, 0.1) is 5.69 Å². The number of aryl methyl sites for hydroxylation is 1. The molecule has 3 aromatic rings. The third-order valence-corrected chi connectivity index (χ3v) is 4.74. The van der Waals surface area contributed by atoms with Crippen LogP contribution in [0.5, 0.6) is 0 Å². The molecule has 27 heavy (non-hydrogen) atoms. The molecule has 1 aromatic heterocycles. The van der Waals surface area contributed by atoms with E-state index in [1.54, 1.807) is 12.1 Å². The van der Waals surface area contributed by atoms with Crippen LogP contribution in [-0.2, 0) is 4.79 Å². The molecule has 0 unspecified atom stereocenters. The standard InChI is InChI=1S/C21H21N3O2S/c1-3-4-19(25)22-17-11-9-15(10-12-17)18-13-27-21(23-18)24-20(26)16-7-5-14(2)6-8-16/h5-13H,3-4H2,1-2H3,(H,22,25)(H,23,24,26). The summed E-state index contributed by atoms with van der Waals surface area (Å²) in [6.45, 7) is 3.95. The van der Waals surface area contributed by atoms with Crippen molar-refractivity contribution in [3.05, 3.63) is 65.0 Å². The molecule has 0 aliphatic heterocycles. The van der Waals surface area contributed by atoms with Gasteiger partial charge in [0.2, 0.25) is 5.91 Å². The van der Waals surface area contributed by atoms with E-state index in [0.29, 0.717) is 17.1 Å². The molecule has 2 N–H and O–H groups in total. The zero-order valence-corrected chi connectivity index (χ0v) is 16.1. The number of hydrogen-bond donors (Lipinski definition) is 2. The minimum absolute atomic E-state index is 0.0139. The number of carbonyl (C=O) groups excluding carboxylic acids is 2. The summed E-state index contributed by atoms with van der Waals surface area (Å²) < 4.78 is 0. The van der Waals surface area contributed by atoms with E-state index in [1.807, 2.05) is 55.6 Å². The predicted octanol–water partition coefficient (Wildman–Crippen LogP) is 5.11. The van der Waals surface area contributed by atoms with E-state index in [0.717, 1.165) is 28.9 Å². The number of thiazole rings is 1. The SMILES string of the molecule is CCCC(=O)Nc1ccc(-c2csc(NC(=O)c3ccc(C)cc3)n2)cc1. The van der Waals surface area contributed by atoms with E-state index in [9.17, 15) is 9.59 Å². The first-order chi connectivity index (χ1) is 13.0. The Kier molecular flexibility index (Phi) is 5.98. The van der Waals surface area contributed by atoms with Crippen LogP contribution in [0.4, 0.5) is 10.8 Å². The molecule has 1 heterocycles. The highest BCUT2D eigenvalue weighted by molar-refractivity contribution is 7.14. The first kappa shape index (κ1) is 18.8. The second-order valence-corrected chi connectivity index (χ2v) is 7.09. The Balaban J connectivity index is 1.65. The summed E-state index contributed by atoms with van der Waals surface area (Å²) in [7, 11) is 0. The number of anilines is 2. The summed E-state index contributed by atoms with van der Waals surface area (Å²) >= 11 is 1.38. The molecule has 0 spiro atoms. The summed E-state index contributed by atoms with van der Waals surface area (Å²) in [4.78, 5) is 28.4. The zero-order chi connectivity index (χ0) is 19.2. The van der Waals surface area contributed by atoms with Crippen molar-refractivity contribution in [1.29, 1.82) is 0 Å². The van der Waals surface area contributed by atoms with Crippen molar-refractivity contribution in [2.75, 3.05) is 10.6 Å². The van der Waals surface area contributed by atoms with Crippen molar-refractivity contribution >= 4 is 34.0 Å². The first-order valence-electron chi connectivity index (χ1n) is 8.79. The molecule has 0 aliphatic carbocycles. The van der Waals surface area contributed by atoms with Crippen LogP contribution in [0.1, 0.15) is 35.7 Å². The molecule has 0 saturated heterocycles. The van der Waals surface area contributed by atoms with Gasteiger partial charge in [0.1, 0.15) is 0 Å². The highest BCUT2D eigenvalue weighted by Gasteiger charge is 2.10. The van der Waals surface area contributed by atoms with Crippen LogP contribution < -0.4 is 10.6 Å². The number of carbonyl (C=O) groups is 2. The number of nitrogens with one attached hydrogen (secondary N) is 2. The Hall–Kier alpha value is -2.99. The zero-order valence-electron chi connectivity index (χ0n) is 15.3. The number of rotatable bonds is 6. The van der Waals surface area contributed by atoms with Gasteiger partial charge in [-0.05, 0) is 37.6 Å².